The highest BCUT2D eigenvalue weighted by Gasteiger charge is 2.27. The molecule has 2 aliphatic heterocycles. The Balaban J connectivity index is 1.57. The number of rotatable bonds is 3. The van der Waals surface area contributed by atoms with Gasteiger partial charge in [-0.2, -0.15) is 0 Å². The number of thioether (sulfide) groups is 1. The molecule has 2 atom stereocenters. The third kappa shape index (κ3) is 3.21. The van der Waals surface area contributed by atoms with E-state index in [4.69, 9.17) is 0 Å². The van der Waals surface area contributed by atoms with Crippen molar-refractivity contribution >= 4 is 29.0 Å². The number of fused-ring (bicyclic) bond motifs is 1. The van der Waals surface area contributed by atoms with Gasteiger partial charge in [0.05, 0.1) is 10.8 Å². The first-order valence-electron chi connectivity index (χ1n) is 7.49. The van der Waals surface area contributed by atoms with E-state index >= 15 is 0 Å². The molecule has 2 aliphatic rings. The van der Waals surface area contributed by atoms with Gasteiger partial charge in [0, 0.05) is 24.4 Å². The average Bonchev–Trinajstić information content (AvgIpc) is 2.93. The summed E-state index contributed by atoms with van der Waals surface area (Å²) in [5.41, 5.74) is 1.39. The Morgan fingerprint density at radius 3 is 3.00 bits per heavy atom. The minimum absolute atomic E-state index is 0.271. The Kier molecular flexibility index (Phi) is 4.68. The van der Waals surface area contributed by atoms with Crippen LogP contribution in [0.4, 0.5) is 0 Å². The molecule has 3 rings (SSSR count). The molecular weight excluding hydrogens is 288 g/mol. The fourth-order valence-electron chi connectivity index (χ4n) is 3.01. The van der Waals surface area contributed by atoms with Crippen LogP contribution in [0, 0.1) is 0 Å². The maximum atomic E-state index is 12.2. The Labute approximate surface area is 129 Å². The van der Waals surface area contributed by atoms with Crippen LogP contribution in [-0.2, 0) is 4.79 Å². The van der Waals surface area contributed by atoms with E-state index in [1.165, 1.54) is 16.2 Å². The molecule has 0 aromatic carbocycles. The number of nitrogens with one attached hydrogen (secondary N) is 1. The summed E-state index contributed by atoms with van der Waals surface area (Å²) in [4.78, 5) is 14.3. The van der Waals surface area contributed by atoms with Gasteiger partial charge in [0.15, 0.2) is 0 Å². The van der Waals surface area contributed by atoms with Crippen molar-refractivity contribution in [1.29, 1.82) is 0 Å². The van der Waals surface area contributed by atoms with Crippen molar-refractivity contribution in [3.8, 4) is 0 Å². The first-order chi connectivity index (χ1) is 9.74. The third-order valence-corrected chi connectivity index (χ3v) is 6.46. The van der Waals surface area contributed by atoms with Crippen LogP contribution in [0.25, 0.3) is 0 Å². The Bertz CT molecular complexity index is 468. The van der Waals surface area contributed by atoms with Gasteiger partial charge in [0.2, 0.25) is 5.91 Å². The van der Waals surface area contributed by atoms with Gasteiger partial charge < -0.3 is 10.2 Å². The fraction of sp³-hybridized carbons (Fsp3) is 0.667. The van der Waals surface area contributed by atoms with Crippen LogP contribution in [0.3, 0.4) is 0 Å². The highest BCUT2D eigenvalue weighted by Crippen LogP contribution is 2.43. The van der Waals surface area contributed by atoms with Gasteiger partial charge in [-0.05, 0) is 42.7 Å². The fourth-order valence-corrected chi connectivity index (χ4v) is 5.57. The standard InChI is InChI=1S/C15H22N2OS2/c1-11-9-13(12-5-8-19-15(12)20-11)16-10-14(18)17-6-3-2-4-7-17/h5,8,11,13,16H,2-4,6-7,9-10H2,1H3/t11-,13?/m0/s1. The summed E-state index contributed by atoms with van der Waals surface area (Å²) in [6, 6.07) is 2.56. The van der Waals surface area contributed by atoms with Gasteiger partial charge in [-0.25, -0.2) is 0 Å². The molecule has 1 aromatic heterocycles. The van der Waals surface area contributed by atoms with E-state index in [0.29, 0.717) is 17.8 Å². The molecule has 3 nitrogen and oxygen atoms in total. The van der Waals surface area contributed by atoms with E-state index in [1.807, 2.05) is 28.0 Å². The lowest BCUT2D eigenvalue weighted by Gasteiger charge is -2.30. The topological polar surface area (TPSA) is 32.3 Å². The lowest BCUT2D eigenvalue weighted by atomic mass is 10.0. The summed E-state index contributed by atoms with van der Waals surface area (Å²) in [5.74, 6) is 0.271. The van der Waals surface area contributed by atoms with Crippen LogP contribution in [-0.4, -0.2) is 35.7 Å². The van der Waals surface area contributed by atoms with Crippen molar-refractivity contribution in [1.82, 2.24) is 10.2 Å². The predicted octanol–water partition coefficient (Wildman–Crippen LogP) is 3.28. The average molecular weight is 310 g/mol. The molecule has 0 spiro atoms. The molecule has 3 heterocycles. The Morgan fingerprint density at radius 1 is 1.40 bits per heavy atom. The number of piperidine rings is 1. The Morgan fingerprint density at radius 2 is 2.20 bits per heavy atom. The normalized spacial score (nSPS) is 26.4. The molecule has 110 valence electrons. The quantitative estimate of drug-likeness (QED) is 0.930. The monoisotopic (exact) mass is 310 g/mol. The zero-order chi connectivity index (χ0) is 13.9. The molecule has 0 bridgehead atoms. The number of carbonyl (C=O) groups is 1. The van der Waals surface area contributed by atoms with Gasteiger partial charge >= 0.3 is 0 Å². The van der Waals surface area contributed by atoms with Crippen molar-refractivity contribution in [3.63, 3.8) is 0 Å². The zero-order valence-corrected chi connectivity index (χ0v) is 13.6. The summed E-state index contributed by atoms with van der Waals surface area (Å²) in [5, 5.41) is 6.29. The van der Waals surface area contributed by atoms with Gasteiger partial charge in [-0.3, -0.25) is 4.79 Å². The third-order valence-electron chi connectivity index (χ3n) is 4.12. The van der Waals surface area contributed by atoms with Gasteiger partial charge in [0.25, 0.3) is 0 Å². The highest BCUT2D eigenvalue weighted by atomic mass is 32.2. The van der Waals surface area contributed by atoms with Crippen molar-refractivity contribution in [2.24, 2.45) is 0 Å². The first kappa shape index (κ1) is 14.4. The van der Waals surface area contributed by atoms with Crippen LogP contribution in [0.1, 0.15) is 44.2 Å². The molecule has 1 N–H and O–H groups in total. The highest BCUT2D eigenvalue weighted by molar-refractivity contribution is 8.01. The van der Waals surface area contributed by atoms with Crippen LogP contribution in [0.15, 0.2) is 15.7 Å². The SMILES string of the molecule is C[C@H]1CC(NCC(=O)N2CCCCC2)c2ccsc2S1. The maximum absolute atomic E-state index is 12.2. The summed E-state index contributed by atoms with van der Waals surface area (Å²) >= 11 is 3.79. The number of nitrogens with zero attached hydrogens (tertiary/aromatic N) is 1. The number of amides is 1. The van der Waals surface area contributed by atoms with E-state index in [9.17, 15) is 4.79 Å². The summed E-state index contributed by atoms with van der Waals surface area (Å²) < 4.78 is 1.42. The van der Waals surface area contributed by atoms with E-state index < -0.39 is 0 Å². The summed E-state index contributed by atoms with van der Waals surface area (Å²) in [6.07, 6.45) is 4.71. The van der Waals surface area contributed by atoms with Crippen molar-refractivity contribution in [2.75, 3.05) is 19.6 Å². The number of likely N-dealkylation sites (tertiary alicyclic amines) is 1. The number of hydrogen-bond acceptors (Lipinski definition) is 4. The molecule has 1 unspecified atom stereocenters. The van der Waals surface area contributed by atoms with Crippen LogP contribution in [0.5, 0.6) is 0 Å². The summed E-state index contributed by atoms with van der Waals surface area (Å²) in [6.45, 7) is 4.65. The molecule has 1 amide bonds. The van der Waals surface area contributed by atoms with E-state index in [0.717, 1.165) is 32.4 Å². The molecule has 0 radical (unpaired) electrons. The summed E-state index contributed by atoms with van der Waals surface area (Å²) in [7, 11) is 0. The van der Waals surface area contributed by atoms with E-state index in [-0.39, 0.29) is 5.91 Å². The first-order valence-corrected chi connectivity index (χ1v) is 9.25. The number of hydrogen-bond donors (Lipinski definition) is 1. The second-order valence-corrected chi connectivity index (χ2v) is 8.33. The Hall–Kier alpha value is -0.520. The molecule has 1 aromatic rings. The van der Waals surface area contributed by atoms with E-state index in [2.05, 4.69) is 23.7 Å². The van der Waals surface area contributed by atoms with Crippen LogP contribution >= 0.6 is 23.1 Å². The second kappa shape index (κ2) is 6.50. The van der Waals surface area contributed by atoms with E-state index in [1.54, 1.807) is 0 Å². The molecule has 1 fully saturated rings. The molecular formula is C15H22N2OS2. The number of thiophene rings is 1. The van der Waals surface area contributed by atoms with Crippen molar-refractivity contribution < 1.29 is 4.79 Å². The van der Waals surface area contributed by atoms with Crippen LogP contribution in [0.2, 0.25) is 0 Å². The van der Waals surface area contributed by atoms with Gasteiger partial charge in [-0.15, -0.1) is 23.1 Å². The lowest BCUT2D eigenvalue weighted by Crippen LogP contribution is -2.42. The lowest BCUT2D eigenvalue weighted by molar-refractivity contribution is -0.131. The second-order valence-electron chi connectivity index (χ2n) is 5.70. The van der Waals surface area contributed by atoms with Gasteiger partial charge in [-0.1, -0.05) is 6.92 Å². The van der Waals surface area contributed by atoms with Crippen molar-refractivity contribution in [3.05, 3.63) is 17.0 Å². The largest absolute Gasteiger partial charge is 0.342 e. The van der Waals surface area contributed by atoms with Crippen molar-refractivity contribution in [2.45, 2.75) is 48.1 Å². The molecule has 1 saturated heterocycles. The maximum Gasteiger partial charge on any atom is 0.236 e. The smallest absolute Gasteiger partial charge is 0.236 e. The molecule has 0 aliphatic carbocycles. The molecule has 0 saturated carbocycles. The minimum Gasteiger partial charge on any atom is -0.342 e. The molecule has 5 heteroatoms. The predicted molar refractivity (Wildman–Crippen MR) is 85.4 cm³/mol. The number of carbonyl (C=O) groups excluding carboxylic acids is 1. The van der Waals surface area contributed by atoms with Gasteiger partial charge in [0.1, 0.15) is 0 Å². The zero-order valence-electron chi connectivity index (χ0n) is 11.9. The molecule has 20 heavy (non-hydrogen) atoms. The minimum atomic E-state index is 0.271. The van der Waals surface area contributed by atoms with Crippen LogP contribution < -0.4 is 5.32 Å².